The Balaban J connectivity index is -0.000000588. The fourth-order valence-corrected chi connectivity index (χ4v) is 2.02. The van der Waals surface area contributed by atoms with Crippen LogP contribution in [-0.4, -0.2) is 12.5 Å². The molecule has 0 aromatic carbocycles. The van der Waals surface area contributed by atoms with Crippen molar-refractivity contribution in [1.82, 2.24) is 5.32 Å². The van der Waals surface area contributed by atoms with Gasteiger partial charge in [-0.15, -0.1) is 18.9 Å². The largest absolute Gasteiger partial charge is 0.352 e. The first kappa shape index (κ1) is 28.3. The molecule has 0 aromatic heterocycles. The summed E-state index contributed by atoms with van der Waals surface area (Å²) in [6, 6.07) is 0. The van der Waals surface area contributed by atoms with Gasteiger partial charge in [-0.2, -0.15) is 0 Å². The summed E-state index contributed by atoms with van der Waals surface area (Å²) < 4.78 is 0. The van der Waals surface area contributed by atoms with Crippen LogP contribution in [-0.2, 0) is 4.79 Å². The van der Waals surface area contributed by atoms with Crippen LogP contribution < -0.4 is 5.32 Å². The highest BCUT2D eigenvalue weighted by Gasteiger charge is 2.09. The monoisotopic (exact) mass is 349 g/mol. The molecule has 0 atom stereocenters. The van der Waals surface area contributed by atoms with Crippen LogP contribution in [0.4, 0.5) is 0 Å². The molecule has 0 aliphatic carbocycles. The molecule has 0 bridgehead atoms. The van der Waals surface area contributed by atoms with Gasteiger partial charge in [0.15, 0.2) is 0 Å². The molecule has 0 spiro atoms. The molecule has 0 aliphatic heterocycles. The van der Waals surface area contributed by atoms with E-state index in [1.807, 2.05) is 33.8 Å². The molecule has 0 rings (SSSR count). The van der Waals surface area contributed by atoms with E-state index in [2.05, 4.69) is 31.7 Å². The molecule has 0 aliphatic rings. The molecule has 25 heavy (non-hydrogen) atoms. The second kappa shape index (κ2) is 24.8. The van der Waals surface area contributed by atoms with Gasteiger partial charge in [0, 0.05) is 18.5 Å². The van der Waals surface area contributed by atoms with Crippen molar-refractivity contribution in [3.8, 4) is 12.3 Å². The number of nitrogens with one attached hydrogen (secondary N) is 1. The average molecular weight is 350 g/mol. The maximum absolute atomic E-state index is 12.0. The van der Waals surface area contributed by atoms with Crippen molar-refractivity contribution in [2.24, 2.45) is 0 Å². The van der Waals surface area contributed by atoms with Gasteiger partial charge in [-0.3, -0.25) is 4.79 Å². The van der Waals surface area contributed by atoms with Crippen LogP contribution >= 0.6 is 0 Å². The van der Waals surface area contributed by atoms with Gasteiger partial charge < -0.3 is 5.32 Å². The molecule has 0 heterocycles. The molecule has 2 nitrogen and oxygen atoms in total. The molecule has 1 N–H and O–H groups in total. The van der Waals surface area contributed by atoms with Gasteiger partial charge in [-0.05, 0) is 39.5 Å². The van der Waals surface area contributed by atoms with Crippen LogP contribution in [0.3, 0.4) is 0 Å². The van der Waals surface area contributed by atoms with Crippen molar-refractivity contribution in [3.63, 3.8) is 0 Å². The maximum atomic E-state index is 12.0. The third kappa shape index (κ3) is 22.5. The number of allylic oxidation sites excluding steroid dienone is 2. The van der Waals surface area contributed by atoms with E-state index in [4.69, 9.17) is 6.42 Å². The Morgan fingerprint density at radius 1 is 1.08 bits per heavy atom. The van der Waals surface area contributed by atoms with Gasteiger partial charge in [0.2, 0.25) is 5.91 Å². The van der Waals surface area contributed by atoms with Gasteiger partial charge in [0.25, 0.3) is 0 Å². The number of unbranched alkanes of at least 4 members (excludes halogenated alkanes) is 5. The zero-order chi connectivity index (χ0) is 19.9. The number of hydrogen-bond donors (Lipinski definition) is 1. The Bertz CT molecular complexity index is 370. The Morgan fingerprint density at radius 3 is 2.08 bits per heavy atom. The highest BCUT2D eigenvalue weighted by molar-refractivity contribution is 5.94. The van der Waals surface area contributed by atoms with E-state index < -0.39 is 0 Å². The Morgan fingerprint density at radius 2 is 1.68 bits per heavy atom. The van der Waals surface area contributed by atoms with Crippen molar-refractivity contribution in [2.45, 2.75) is 99.3 Å². The van der Waals surface area contributed by atoms with E-state index in [-0.39, 0.29) is 5.91 Å². The van der Waals surface area contributed by atoms with Crippen molar-refractivity contribution in [3.05, 3.63) is 23.8 Å². The summed E-state index contributed by atoms with van der Waals surface area (Å²) in [5, 5.41) is 3.02. The van der Waals surface area contributed by atoms with E-state index >= 15 is 0 Å². The van der Waals surface area contributed by atoms with Crippen LogP contribution in [0, 0.1) is 12.3 Å². The topological polar surface area (TPSA) is 29.1 Å². The third-order valence-electron chi connectivity index (χ3n) is 3.44. The summed E-state index contributed by atoms with van der Waals surface area (Å²) in [4.78, 5) is 12.0. The van der Waals surface area contributed by atoms with Crippen molar-refractivity contribution >= 4 is 5.91 Å². The van der Waals surface area contributed by atoms with Crippen LogP contribution in [0.2, 0.25) is 0 Å². The molecule has 1 amide bonds. The minimum absolute atomic E-state index is 0.104. The lowest BCUT2D eigenvalue weighted by Gasteiger charge is -2.10. The lowest BCUT2D eigenvalue weighted by molar-refractivity contribution is -0.117. The normalized spacial score (nSPS) is 8.68. The number of amides is 1. The summed E-state index contributed by atoms with van der Waals surface area (Å²) in [6.45, 7) is 16.8. The van der Waals surface area contributed by atoms with E-state index in [1.54, 1.807) is 0 Å². The van der Waals surface area contributed by atoms with Crippen LogP contribution in [0.1, 0.15) is 99.3 Å². The second-order valence-electron chi connectivity index (χ2n) is 5.93. The number of rotatable bonds is 11. The summed E-state index contributed by atoms with van der Waals surface area (Å²) in [5.74, 6) is 2.62. The summed E-state index contributed by atoms with van der Waals surface area (Å²) in [6.07, 6.45) is 16.6. The number of carbonyl (C=O) groups is 1. The van der Waals surface area contributed by atoms with Gasteiger partial charge in [0.05, 0.1) is 0 Å². The number of terminal acetylenes is 1. The molecule has 0 saturated carbocycles. The van der Waals surface area contributed by atoms with E-state index in [9.17, 15) is 4.79 Å². The van der Waals surface area contributed by atoms with Crippen LogP contribution in [0.15, 0.2) is 23.8 Å². The number of hydrogen-bond acceptors (Lipinski definition) is 1. The minimum atomic E-state index is 0.104. The van der Waals surface area contributed by atoms with Gasteiger partial charge >= 0.3 is 0 Å². The molecule has 0 fully saturated rings. The highest BCUT2D eigenvalue weighted by atomic mass is 16.1. The van der Waals surface area contributed by atoms with Crippen LogP contribution in [0.5, 0.6) is 0 Å². The molecule has 2 heteroatoms. The average Bonchev–Trinajstić information content (AvgIpc) is 2.61. The van der Waals surface area contributed by atoms with Crippen molar-refractivity contribution in [2.75, 3.05) is 6.54 Å². The Hall–Kier alpha value is -1.49. The van der Waals surface area contributed by atoms with Crippen LogP contribution in [0.25, 0.3) is 0 Å². The van der Waals surface area contributed by atoms with E-state index in [0.717, 1.165) is 49.8 Å². The predicted octanol–water partition coefficient (Wildman–Crippen LogP) is 6.82. The quantitative estimate of drug-likeness (QED) is 0.188. The van der Waals surface area contributed by atoms with E-state index in [0.29, 0.717) is 0 Å². The smallest absolute Gasteiger partial charge is 0.247 e. The summed E-state index contributed by atoms with van der Waals surface area (Å²) in [5.41, 5.74) is 2.03. The second-order valence-corrected chi connectivity index (χ2v) is 5.93. The predicted molar refractivity (Wildman–Crippen MR) is 115 cm³/mol. The van der Waals surface area contributed by atoms with Gasteiger partial charge in [-0.25, -0.2) is 0 Å². The Kier molecular flexibility index (Phi) is 28.0. The van der Waals surface area contributed by atoms with E-state index in [1.165, 1.54) is 25.7 Å². The first-order valence-electron chi connectivity index (χ1n) is 10.0. The lowest BCUT2D eigenvalue weighted by Crippen LogP contribution is -2.26. The molecule has 146 valence electrons. The maximum Gasteiger partial charge on any atom is 0.247 e. The molecule has 0 unspecified atom stereocenters. The standard InChI is InChI=1S/C16H29NO.C5H8.C2H6/c1-5-7-9-10-11-13-17-16(18)15(14(3)4)12-8-6-2;1-3-5-4-2;1-2/h6H,2,5,7-13H2,1,3-4H3,(H,17,18);1H,4-5H2,2H3;1-2H3. The zero-order valence-electron chi connectivity index (χ0n) is 17.8. The van der Waals surface area contributed by atoms with Gasteiger partial charge in [-0.1, -0.05) is 65.0 Å². The lowest BCUT2D eigenvalue weighted by atomic mass is 10.0. The molecular formula is C23H43NO. The first-order valence-corrected chi connectivity index (χ1v) is 10.0. The molecule has 0 saturated heterocycles. The summed E-state index contributed by atoms with van der Waals surface area (Å²) >= 11 is 0. The first-order chi connectivity index (χ1) is 12.0. The minimum Gasteiger partial charge on any atom is -0.352 e. The SMILES string of the molecule is C#CCCC.C=CCCC(C(=O)NCCCCCCC)=C(C)C.CC. The highest BCUT2D eigenvalue weighted by Crippen LogP contribution is 2.11. The number of carbonyl (C=O) groups excluding carboxylic acids is 1. The van der Waals surface area contributed by atoms with Crippen molar-refractivity contribution in [1.29, 1.82) is 0 Å². The fraction of sp³-hybridized carbons (Fsp3) is 0.696. The summed E-state index contributed by atoms with van der Waals surface area (Å²) in [7, 11) is 0. The third-order valence-corrected chi connectivity index (χ3v) is 3.44. The van der Waals surface area contributed by atoms with Gasteiger partial charge in [0.1, 0.15) is 0 Å². The zero-order valence-corrected chi connectivity index (χ0v) is 17.8. The van der Waals surface area contributed by atoms with Crippen molar-refractivity contribution < 1.29 is 4.79 Å². The fourth-order valence-electron chi connectivity index (χ4n) is 2.02. The molecule has 0 aromatic rings. The molecule has 0 radical (unpaired) electrons. The molecular weight excluding hydrogens is 306 g/mol. The Labute approximate surface area is 158 Å².